The summed E-state index contributed by atoms with van der Waals surface area (Å²) in [5.41, 5.74) is 1.89. The molecular formula is C68H64O20S2. The van der Waals surface area contributed by atoms with Gasteiger partial charge in [0.05, 0.1) is 45.0 Å². The molecule has 1 N–H and O–H groups in total. The summed E-state index contributed by atoms with van der Waals surface area (Å²) in [4.78, 5) is 117. The van der Waals surface area contributed by atoms with Gasteiger partial charge in [0, 0.05) is 46.6 Å². The van der Waals surface area contributed by atoms with Gasteiger partial charge in [-0.1, -0.05) is 98.4 Å². The van der Waals surface area contributed by atoms with Crippen LogP contribution in [0.1, 0.15) is 79.0 Å². The van der Waals surface area contributed by atoms with Crippen molar-refractivity contribution in [1.82, 2.24) is 0 Å². The topological polar surface area (TPSA) is 266 Å². The van der Waals surface area contributed by atoms with Gasteiger partial charge in [0.25, 0.3) is 0 Å². The van der Waals surface area contributed by atoms with Gasteiger partial charge in [-0.15, -0.1) is 0 Å². The number of aliphatic hydroxyl groups excluding tert-OH is 1. The lowest BCUT2D eigenvalue weighted by molar-refractivity contribution is -0.154. The average Bonchev–Trinajstić information content (AvgIpc) is 1.56. The summed E-state index contributed by atoms with van der Waals surface area (Å²) in [6.07, 6.45) is 4.04. The molecule has 90 heavy (non-hydrogen) atoms. The van der Waals surface area contributed by atoms with Crippen molar-refractivity contribution in [1.29, 1.82) is 0 Å². The molecule has 468 valence electrons. The number of esters is 8. The first-order valence-electron chi connectivity index (χ1n) is 29.0. The Morgan fingerprint density at radius 2 is 0.911 bits per heavy atom. The summed E-state index contributed by atoms with van der Waals surface area (Å²) >= 11 is 2.53. The molecule has 1 aliphatic heterocycles. The third kappa shape index (κ3) is 16.3. The van der Waals surface area contributed by atoms with Gasteiger partial charge in [-0.05, 0) is 116 Å². The number of ether oxygens (including phenoxy) is 10. The van der Waals surface area contributed by atoms with Gasteiger partial charge in [0.1, 0.15) is 55.5 Å². The van der Waals surface area contributed by atoms with Crippen LogP contribution in [0, 0.1) is 23.7 Å². The van der Waals surface area contributed by atoms with Crippen molar-refractivity contribution in [2.45, 2.75) is 85.9 Å². The van der Waals surface area contributed by atoms with Crippen molar-refractivity contribution >= 4 is 87.8 Å². The van der Waals surface area contributed by atoms with E-state index in [1.807, 2.05) is 24.3 Å². The zero-order valence-corrected chi connectivity index (χ0v) is 50.5. The number of hydrogen-bond acceptors (Lipinski definition) is 22. The number of rotatable bonds is 26. The summed E-state index contributed by atoms with van der Waals surface area (Å²) in [6, 6.07) is 26.7. The van der Waals surface area contributed by atoms with E-state index in [4.69, 9.17) is 47.4 Å². The van der Waals surface area contributed by atoms with Gasteiger partial charge in [-0.2, -0.15) is 0 Å². The molecule has 3 unspecified atom stereocenters. The van der Waals surface area contributed by atoms with Gasteiger partial charge in [-0.25, -0.2) is 19.2 Å². The van der Waals surface area contributed by atoms with E-state index in [2.05, 4.69) is 26.3 Å². The second-order valence-electron chi connectivity index (χ2n) is 21.3. The fourth-order valence-electron chi connectivity index (χ4n) is 10.7. The lowest BCUT2D eigenvalue weighted by atomic mass is 9.82. The Bertz CT molecular complexity index is 3630. The predicted octanol–water partition coefficient (Wildman–Crippen LogP) is 10.4. The number of Topliss-reactive ketones (excluding diaryl/α,β-unsaturated/α-hetero) is 1. The number of thioether (sulfide) groups is 2. The van der Waals surface area contributed by atoms with Crippen LogP contribution in [0.3, 0.4) is 0 Å². The molecule has 2 saturated carbocycles. The van der Waals surface area contributed by atoms with E-state index in [0.29, 0.717) is 93.4 Å². The summed E-state index contributed by atoms with van der Waals surface area (Å²) in [7, 11) is 0. The fraction of sp³-hybridized carbons (Fsp3) is 0.309. The Morgan fingerprint density at radius 1 is 0.489 bits per heavy atom. The third-order valence-electron chi connectivity index (χ3n) is 15.4. The van der Waals surface area contributed by atoms with Gasteiger partial charge in [0.2, 0.25) is 0 Å². The molecule has 2 fully saturated rings. The second kappa shape index (κ2) is 30.8. The van der Waals surface area contributed by atoms with Crippen molar-refractivity contribution in [2.24, 2.45) is 23.7 Å². The Kier molecular flexibility index (Phi) is 22.3. The molecule has 1 heterocycles. The maximum atomic E-state index is 14.3. The van der Waals surface area contributed by atoms with Crippen molar-refractivity contribution in [3.63, 3.8) is 0 Å². The number of fused-ring (bicyclic) bond motifs is 3. The van der Waals surface area contributed by atoms with Crippen LogP contribution >= 0.6 is 23.5 Å². The molecule has 4 aliphatic rings. The van der Waals surface area contributed by atoms with Gasteiger partial charge in [0.15, 0.2) is 23.7 Å². The largest absolute Gasteiger partial charge is 0.490 e. The van der Waals surface area contributed by atoms with Crippen LogP contribution < -0.4 is 23.7 Å². The lowest BCUT2D eigenvalue weighted by Gasteiger charge is -2.26. The molecule has 20 nitrogen and oxygen atoms in total. The average molecular weight is 1270 g/mol. The molecule has 5 aromatic rings. The number of ketones is 1. The van der Waals surface area contributed by atoms with Crippen LogP contribution in [0.4, 0.5) is 0 Å². The molecule has 0 amide bonds. The number of aliphatic hydroxyl groups is 1. The molecule has 0 spiro atoms. The van der Waals surface area contributed by atoms with Crippen LogP contribution in [0.25, 0.3) is 10.8 Å². The second-order valence-corrected chi connectivity index (χ2v) is 23.6. The van der Waals surface area contributed by atoms with E-state index < -0.39 is 89.7 Å². The standard InChI is InChI=1S/C68H64O20S2/c1-5-54(69)82-37-47(84-56(71)7-3)35-80-43-25-29-45(30-26-43)86-65(76)40-19-17-39(18-20-40)64(75)79-34-33-53-49-13-9-12-16-52(49)61(63-62(53)89-68(90-63)58-59(73)50-14-10-11-15-51(50)60(58)74)88-67(78)42-23-21-41(22-24-42)66(77)87-46-31-27-44(28-32-46)81-36-48(85-57(72)8-4)38-83-55(70)6-2/h5-16,25-32,39-42,47-48,59,73H,1-4,17-24,33-38H2/b68-58-. The molecule has 0 radical (unpaired) electrons. The highest BCUT2D eigenvalue weighted by Gasteiger charge is 2.41. The predicted molar refractivity (Wildman–Crippen MR) is 327 cm³/mol. The monoisotopic (exact) mass is 1260 g/mol. The quantitative estimate of drug-likeness (QED) is 0.0233. The summed E-state index contributed by atoms with van der Waals surface area (Å²) in [5.74, 6) is -5.41. The third-order valence-corrected chi connectivity index (χ3v) is 18.1. The van der Waals surface area contributed by atoms with Crippen LogP contribution in [0.15, 0.2) is 167 Å². The Labute approximate surface area is 526 Å². The van der Waals surface area contributed by atoms with E-state index in [-0.39, 0.29) is 68.1 Å². The summed E-state index contributed by atoms with van der Waals surface area (Å²) < 4.78 is 56.2. The SMILES string of the molecule is C=CC(=O)OCC(COc1ccc(OC(=O)C2CCC(C(=O)OCCc3c4c(c(OC(=O)C5CCC(C(=O)Oc6ccc(OCC(COC(=O)C=C)OC(=O)C=C)cc6)CC5)c5ccccc35)S/C(=C3\C(=O)c5ccccc5C3O)S4)CC2)cc1)OC(=O)C=C. The molecule has 0 bridgehead atoms. The molecule has 5 aromatic carbocycles. The highest BCUT2D eigenvalue weighted by molar-refractivity contribution is 8.24. The molecular weight excluding hydrogens is 1200 g/mol. The van der Waals surface area contributed by atoms with Crippen LogP contribution in [-0.2, 0) is 68.5 Å². The minimum atomic E-state index is -1.20. The van der Waals surface area contributed by atoms with Crippen molar-refractivity contribution in [2.75, 3.05) is 33.0 Å². The minimum Gasteiger partial charge on any atom is -0.490 e. The Morgan fingerprint density at radius 3 is 1.39 bits per heavy atom. The first-order chi connectivity index (χ1) is 43.5. The number of benzene rings is 5. The zero-order valence-electron chi connectivity index (χ0n) is 48.8. The Balaban J connectivity index is 0.808. The van der Waals surface area contributed by atoms with Crippen molar-refractivity contribution in [3.05, 3.63) is 174 Å². The fourth-order valence-corrected chi connectivity index (χ4v) is 13.6. The number of carbonyl (C=O) groups excluding carboxylic acids is 9. The molecule has 3 atom stereocenters. The minimum absolute atomic E-state index is 0.00996. The summed E-state index contributed by atoms with van der Waals surface area (Å²) in [5, 5.41) is 13.0. The molecule has 22 heteroatoms. The van der Waals surface area contributed by atoms with Gasteiger partial charge in [-0.3, -0.25) is 24.0 Å². The first kappa shape index (κ1) is 65.2. The zero-order chi connectivity index (χ0) is 63.8. The first-order valence-corrected chi connectivity index (χ1v) is 30.7. The smallest absolute Gasteiger partial charge is 0.330 e. The van der Waals surface area contributed by atoms with E-state index in [0.717, 1.165) is 35.3 Å². The summed E-state index contributed by atoms with van der Waals surface area (Å²) in [6.45, 7) is 12.6. The highest BCUT2D eigenvalue weighted by atomic mass is 32.2. The molecule has 0 saturated heterocycles. The number of carbonyl (C=O) groups is 9. The Hall–Kier alpha value is -9.25. The van der Waals surface area contributed by atoms with E-state index in [9.17, 15) is 48.3 Å². The number of hydrogen-bond donors (Lipinski definition) is 1. The van der Waals surface area contributed by atoms with Crippen LogP contribution in [0.2, 0.25) is 0 Å². The van der Waals surface area contributed by atoms with Crippen molar-refractivity contribution < 1.29 is 95.6 Å². The van der Waals surface area contributed by atoms with E-state index in [1.54, 1.807) is 72.8 Å². The van der Waals surface area contributed by atoms with Gasteiger partial charge >= 0.3 is 47.8 Å². The van der Waals surface area contributed by atoms with Gasteiger partial charge < -0.3 is 52.5 Å². The van der Waals surface area contributed by atoms with E-state index >= 15 is 0 Å². The maximum Gasteiger partial charge on any atom is 0.330 e. The lowest BCUT2D eigenvalue weighted by Crippen LogP contribution is -2.30. The van der Waals surface area contributed by atoms with Crippen LogP contribution in [0.5, 0.6) is 28.7 Å². The molecule has 3 aliphatic carbocycles. The van der Waals surface area contributed by atoms with Crippen LogP contribution in [-0.4, -0.2) is 104 Å². The highest BCUT2D eigenvalue weighted by Crippen LogP contribution is 2.61. The van der Waals surface area contributed by atoms with Crippen molar-refractivity contribution in [3.8, 4) is 28.7 Å². The molecule has 9 rings (SSSR count). The molecule has 0 aromatic heterocycles. The van der Waals surface area contributed by atoms with E-state index in [1.165, 1.54) is 23.5 Å². The normalized spacial score (nSPS) is 19.7. The maximum absolute atomic E-state index is 14.3.